The Morgan fingerprint density at radius 3 is 2.18 bits per heavy atom. The Hall–Kier alpha value is -0.570. The molecule has 0 fully saturated rings. The van der Waals surface area contributed by atoms with Crippen molar-refractivity contribution >= 4 is 5.97 Å². The zero-order valence-corrected chi connectivity index (χ0v) is 11.9. The predicted molar refractivity (Wildman–Crippen MR) is 72.3 cm³/mol. The Morgan fingerprint density at radius 1 is 1.24 bits per heavy atom. The van der Waals surface area contributed by atoms with Crippen LogP contribution >= 0.6 is 0 Å². The predicted octanol–water partition coefficient (Wildman–Crippen LogP) is 3.44. The van der Waals surface area contributed by atoms with Crippen molar-refractivity contribution in [3.8, 4) is 0 Å². The minimum atomic E-state index is -0.666. The molecule has 0 saturated carbocycles. The lowest BCUT2D eigenvalue weighted by atomic mass is 9.82. The molecule has 0 heterocycles. The molecule has 0 spiro atoms. The van der Waals surface area contributed by atoms with Gasteiger partial charge in [0.2, 0.25) is 0 Å². The van der Waals surface area contributed by atoms with E-state index in [1.807, 2.05) is 13.8 Å². The molecule has 102 valence electrons. The highest BCUT2D eigenvalue weighted by atomic mass is 16.4. The van der Waals surface area contributed by atoms with Gasteiger partial charge in [0.05, 0.1) is 5.41 Å². The van der Waals surface area contributed by atoms with Gasteiger partial charge in [-0.3, -0.25) is 4.79 Å². The van der Waals surface area contributed by atoms with Crippen molar-refractivity contribution in [1.82, 2.24) is 5.32 Å². The summed E-state index contributed by atoms with van der Waals surface area (Å²) in [5.41, 5.74) is -0.584. The highest BCUT2D eigenvalue weighted by molar-refractivity contribution is 5.74. The number of carbonyl (C=O) groups is 1. The van der Waals surface area contributed by atoms with E-state index in [0.29, 0.717) is 25.4 Å². The van der Waals surface area contributed by atoms with Gasteiger partial charge in [-0.2, -0.15) is 0 Å². The zero-order chi connectivity index (χ0) is 13.3. The summed E-state index contributed by atoms with van der Waals surface area (Å²) in [6.07, 6.45) is 6.01. The summed E-state index contributed by atoms with van der Waals surface area (Å²) in [5, 5.41) is 12.8. The smallest absolute Gasteiger partial charge is 0.310 e. The van der Waals surface area contributed by atoms with E-state index < -0.39 is 11.4 Å². The molecule has 0 aromatic rings. The van der Waals surface area contributed by atoms with Crippen LogP contribution in [0, 0.1) is 5.41 Å². The van der Waals surface area contributed by atoms with Gasteiger partial charge in [-0.25, -0.2) is 0 Å². The molecule has 0 aliphatic heterocycles. The summed E-state index contributed by atoms with van der Waals surface area (Å²) >= 11 is 0. The number of aliphatic carboxylic acids is 1. The lowest BCUT2D eigenvalue weighted by Crippen LogP contribution is -2.43. The van der Waals surface area contributed by atoms with Crippen molar-refractivity contribution in [1.29, 1.82) is 0 Å². The number of carboxylic acid groups (broad SMARTS) is 1. The molecule has 0 aliphatic rings. The van der Waals surface area contributed by atoms with E-state index in [4.69, 9.17) is 0 Å². The molecule has 0 saturated heterocycles. The van der Waals surface area contributed by atoms with E-state index in [1.165, 1.54) is 12.8 Å². The first-order chi connectivity index (χ1) is 8.06. The molecule has 0 amide bonds. The van der Waals surface area contributed by atoms with Crippen molar-refractivity contribution in [3.05, 3.63) is 0 Å². The van der Waals surface area contributed by atoms with Gasteiger partial charge in [-0.15, -0.1) is 0 Å². The van der Waals surface area contributed by atoms with E-state index in [2.05, 4.69) is 19.2 Å². The van der Waals surface area contributed by atoms with Gasteiger partial charge < -0.3 is 10.4 Å². The van der Waals surface area contributed by atoms with Crippen molar-refractivity contribution in [3.63, 3.8) is 0 Å². The molecule has 0 aliphatic carbocycles. The van der Waals surface area contributed by atoms with E-state index in [9.17, 15) is 9.90 Å². The second-order valence-corrected chi connectivity index (χ2v) is 4.92. The summed E-state index contributed by atoms with van der Waals surface area (Å²) in [6.45, 7) is 8.87. The van der Waals surface area contributed by atoms with Crippen LogP contribution < -0.4 is 5.32 Å². The Balaban J connectivity index is 4.32. The standard InChI is InChI=1S/C14H29NO2/c1-5-9-10-12(6-2)15-11-14(7-3,8-4)13(16)17/h12,15H,5-11H2,1-4H3,(H,16,17). The first kappa shape index (κ1) is 16.4. The fraction of sp³-hybridized carbons (Fsp3) is 0.929. The van der Waals surface area contributed by atoms with Gasteiger partial charge in [-0.05, 0) is 25.7 Å². The summed E-state index contributed by atoms with van der Waals surface area (Å²) in [5.74, 6) is -0.666. The van der Waals surface area contributed by atoms with Gasteiger partial charge >= 0.3 is 5.97 Å². The van der Waals surface area contributed by atoms with E-state index in [1.54, 1.807) is 0 Å². The van der Waals surface area contributed by atoms with Crippen molar-refractivity contribution in [2.24, 2.45) is 5.41 Å². The van der Waals surface area contributed by atoms with Crippen molar-refractivity contribution in [2.75, 3.05) is 6.54 Å². The topological polar surface area (TPSA) is 49.3 Å². The molecule has 1 unspecified atom stereocenters. The Kier molecular flexibility index (Phi) is 8.23. The molecule has 0 aromatic heterocycles. The van der Waals surface area contributed by atoms with Gasteiger partial charge in [0.1, 0.15) is 0 Å². The third kappa shape index (κ3) is 5.07. The van der Waals surface area contributed by atoms with Crippen LogP contribution in [0.1, 0.15) is 66.2 Å². The molecule has 1 atom stereocenters. The molecule has 3 nitrogen and oxygen atoms in total. The average molecular weight is 243 g/mol. The molecule has 0 rings (SSSR count). The first-order valence-electron chi connectivity index (χ1n) is 7.03. The molecule has 2 N–H and O–H groups in total. The first-order valence-corrected chi connectivity index (χ1v) is 7.03. The highest BCUT2D eigenvalue weighted by Gasteiger charge is 2.34. The molecule has 0 radical (unpaired) electrons. The van der Waals surface area contributed by atoms with Crippen LogP contribution in [-0.4, -0.2) is 23.7 Å². The molecule has 0 bridgehead atoms. The zero-order valence-electron chi connectivity index (χ0n) is 11.9. The molecule has 3 heteroatoms. The summed E-state index contributed by atoms with van der Waals surface area (Å²) in [7, 11) is 0. The van der Waals surface area contributed by atoms with Crippen LogP contribution in [0.5, 0.6) is 0 Å². The van der Waals surface area contributed by atoms with Crippen molar-refractivity contribution in [2.45, 2.75) is 72.3 Å². The van der Waals surface area contributed by atoms with Gasteiger partial charge in [0.25, 0.3) is 0 Å². The second kappa shape index (κ2) is 8.51. The number of nitrogens with one attached hydrogen (secondary N) is 1. The Morgan fingerprint density at radius 2 is 1.82 bits per heavy atom. The van der Waals surface area contributed by atoms with Crippen LogP contribution in [0.4, 0.5) is 0 Å². The van der Waals surface area contributed by atoms with Crippen LogP contribution in [-0.2, 0) is 4.79 Å². The van der Waals surface area contributed by atoms with E-state index in [-0.39, 0.29) is 0 Å². The van der Waals surface area contributed by atoms with Crippen molar-refractivity contribution < 1.29 is 9.90 Å². The monoisotopic (exact) mass is 243 g/mol. The SMILES string of the molecule is CCCCC(CC)NCC(CC)(CC)C(=O)O. The second-order valence-electron chi connectivity index (χ2n) is 4.92. The lowest BCUT2D eigenvalue weighted by molar-refractivity contribution is -0.149. The van der Waals surface area contributed by atoms with Crippen LogP contribution in [0.2, 0.25) is 0 Å². The molecule has 0 aromatic carbocycles. The maximum Gasteiger partial charge on any atom is 0.310 e. The average Bonchev–Trinajstić information content (AvgIpc) is 2.34. The fourth-order valence-electron chi connectivity index (χ4n) is 2.12. The number of hydrogen-bond acceptors (Lipinski definition) is 2. The minimum Gasteiger partial charge on any atom is -0.481 e. The molecule has 17 heavy (non-hydrogen) atoms. The molecular formula is C14H29NO2. The highest BCUT2D eigenvalue weighted by Crippen LogP contribution is 2.26. The fourth-order valence-corrected chi connectivity index (χ4v) is 2.12. The van der Waals surface area contributed by atoms with Gasteiger partial charge in [-0.1, -0.05) is 40.5 Å². The number of unbranched alkanes of at least 4 members (excludes halogenated alkanes) is 1. The number of rotatable bonds is 10. The van der Waals surface area contributed by atoms with Crippen LogP contribution in [0.25, 0.3) is 0 Å². The maximum absolute atomic E-state index is 11.4. The minimum absolute atomic E-state index is 0.465. The van der Waals surface area contributed by atoms with E-state index >= 15 is 0 Å². The summed E-state index contributed by atoms with van der Waals surface area (Å²) in [6, 6.07) is 0.465. The third-order valence-electron chi connectivity index (χ3n) is 3.94. The third-order valence-corrected chi connectivity index (χ3v) is 3.94. The Labute approximate surface area is 106 Å². The Bertz CT molecular complexity index is 212. The van der Waals surface area contributed by atoms with Gasteiger partial charge in [0.15, 0.2) is 0 Å². The largest absolute Gasteiger partial charge is 0.481 e. The number of hydrogen-bond donors (Lipinski definition) is 2. The van der Waals surface area contributed by atoms with Crippen LogP contribution in [0.15, 0.2) is 0 Å². The quantitative estimate of drug-likeness (QED) is 0.618. The number of carboxylic acids is 1. The lowest BCUT2D eigenvalue weighted by Gasteiger charge is -2.29. The summed E-state index contributed by atoms with van der Waals surface area (Å²) < 4.78 is 0. The maximum atomic E-state index is 11.4. The summed E-state index contributed by atoms with van der Waals surface area (Å²) in [4.78, 5) is 11.4. The van der Waals surface area contributed by atoms with Crippen LogP contribution in [0.3, 0.4) is 0 Å². The normalized spacial score (nSPS) is 13.6. The van der Waals surface area contributed by atoms with Gasteiger partial charge in [0, 0.05) is 12.6 Å². The van der Waals surface area contributed by atoms with E-state index in [0.717, 1.165) is 12.8 Å². The molecular weight excluding hydrogens is 214 g/mol.